The SMILES string of the molecule is CCOC(=O)C1=C(N)OC(C)=C(C(=O)OC(C)(C)C)C12C(=O)N(CC(N)=O)c1ccccc12. The van der Waals surface area contributed by atoms with Gasteiger partial charge in [0.1, 0.15) is 34.5 Å². The van der Waals surface area contributed by atoms with E-state index in [1.807, 2.05) is 0 Å². The van der Waals surface area contributed by atoms with Crippen molar-refractivity contribution < 1.29 is 33.4 Å². The first kappa shape index (κ1) is 23.8. The van der Waals surface area contributed by atoms with E-state index in [-0.39, 0.29) is 35.0 Å². The molecule has 2 aliphatic rings. The van der Waals surface area contributed by atoms with E-state index in [0.29, 0.717) is 5.69 Å². The van der Waals surface area contributed by atoms with Gasteiger partial charge < -0.3 is 30.6 Å². The molecule has 10 nitrogen and oxygen atoms in total. The summed E-state index contributed by atoms with van der Waals surface area (Å²) >= 11 is 0. The molecule has 33 heavy (non-hydrogen) atoms. The highest BCUT2D eigenvalue weighted by atomic mass is 16.6. The Kier molecular flexibility index (Phi) is 5.97. The molecule has 0 fully saturated rings. The lowest BCUT2D eigenvalue weighted by atomic mass is 9.67. The molecule has 1 unspecified atom stereocenters. The number of carbonyl (C=O) groups is 4. The van der Waals surface area contributed by atoms with E-state index in [1.165, 1.54) is 6.92 Å². The second-order valence-electron chi connectivity index (χ2n) is 8.62. The molecule has 0 bridgehead atoms. The maximum absolute atomic E-state index is 14.1. The fourth-order valence-corrected chi connectivity index (χ4v) is 4.17. The number of amides is 2. The van der Waals surface area contributed by atoms with Crippen LogP contribution >= 0.6 is 0 Å². The molecule has 10 heteroatoms. The monoisotopic (exact) mass is 457 g/mol. The summed E-state index contributed by atoms with van der Waals surface area (Å²) < 4.78 is 16.3. The van der Waals surface area contributed by atoms with E-state index >= 15 is 0 Å². The molecule has 2 aliphatic heterocycles. The third kappa shape index (κ3) is 3.81. The average Bonchev–Trinajstić information content (AvgIpc) is 2.90. The number of para-hydroxylation sites is 1. The van der Waals surface area contributed by atoms with Crippen LogP contribution in [-0.4, -0.2) is 42.5 Å². The van der Waals surface area contributed by atoms with Crippen molar-refractivity contribution >= 4 is 29.4 Å². The molecule has 176 valence electrons. The topological polar surface area (TPSA) is 151 Å². The molecule has 4 N–H and O–H groups in total. The van der Waals surface area contributed by atoms with Crippen LogP contribution in [-0.2, 0) is 38.8 Å². The van der Waals surface area contributed by atoms with E-state index in [0.717, 1.165) is 4.90 Å². The molecule has 3 rings (SSSR count). The Morgan fingerprint density at radius 3 is 2.33 bits per heavy atom. The van der Waals surface area contributed by atoms with Gasteiger partial charge in [0.15, 0.2) is 0 Å². The number of carbonyl (C=O) groups excluding carboxylic acids is 4. The largest absolute Gasteiger partial charge is 0.462 e. The van der Waals surface area contributed by atoms with Gasteiger partial charge >= 0.3 is 11.9 Å². The summed E-state index contributed by atoms with van der Waals surface area (Å²) in [5.74, 6) is -3.76. The van der Waals surface area contributed by atoms with Gasteiger partial charge in [-0.2, -0.15) is 0 Å². The predicted molar refractivity (Wildman–Crippen MR) is 117 cm³/mol. The minimum atomic E-state index is -2.05. The van der Waals surface area contributed by atoms with Crippen molar-refractivity contribution in [2.75, 3.05) is 18.1 Å². The Morgan fingerprint density at radius 1 is 1.12 bits per heavy atom. The summed E-state index contributed by atoms with van der Waals surface area (Å²) in [4.78, 5) is 53.6. The number of nitrogens with two attached hydrogens (primary N) is 2. The number of ether oxygens (including phenoxy) is 3. The second-order valence-corrected chi connectivity index (χ2v) is 8.62. The fraction of sp³-hybridized carbons (Fsp3) is 0.391. The summed E-state index contributed by atoms with van der Waals surface area (Å²) in [6, 6.07) is 6.45. The van der Waals surface area contributed by atoms with Crippen molar-refractivity contribution in [1.29, 1.82) is 0 Å². The first-order chi connectivity index (χ1) is 15.4. The number of rotatable bonds is 5. The Bertz CT molecular complexity index is 1110. The van der Waals surface area contributed by atoms with Crippen LogP contribution in [0.25, 0.3) is 0 Å². The number of hydrogen-bond donors (Lipinski definition) is 2. The minimum Gasteiger partial charge on any atom is -0.462 e. The zero-order valence-electron chi connectivity index (χ0n) is 19.2. The smallest absolute Gasteiger partial charge is 0.341 e. The molecule has 1 aromatic carbocycles. The molecular formula is C23H27N3O7. The fourth-order valence-electron chi connectivity index (χ4n) is 4.17. The van der Waals surface area contributed by atoms with Crippen LogP contribution in [0.5, 0.6) is 0 Å². The Balaban J connectivity index is 2.41. The first-order valence-electron chi connectivity index (χ1n) is 10.4. The number of benzene rings is 1. The molecule has 0 aromatic heterocycles. The maximum atomic E-state index is 14.1. The van der Waals surface area contributed by atoms with Crippen LogP contribution in [0.15, 0.2) is 47.1 Å². The van der Waals surface area contributed by atoms with Gasteiger partial charge in [0, 0.05) is 11.3 Å². The molecular weight excluding hydrogens is 430 g/mol. The number of esters is 2. The summed E-state index contributed by atoms with van der Waals surface area (Å²) in [5.41, 5.74) is 8.51. The number of nitrogens with zero attached hydrogens (tertiary/aromatic N) is 1. The Morgan fingerprint density at radius 2 is 1.76 bits per heavy atom. The van der Waals surface area contributed by atoms with E-state index in [4.69, 9.17) is 25.7 Å². The summed E-state index contributed by atoms with van der Waals surface area (Å²) in [5, 5.41) is 0. The number of allylic oxidation sites excluding steroid dienone is 1. The van der Waals surface area contributed by atoms with Crippen LogP contribution in [0.2, 0.25) is 0 Å². The van der Waals surface area contributed by atoms with Crippen LogP contribution < -0.4 is 16.4 Å². The van der Waals surface area contributed by atoms with Gasteiger partial charge in [-0.05, 0) is 40.7 Å². The third-order valence-corrected chi connectivity index (χ3v) is 5.17. The van der Waals surface area contributed by atoms with Crippen molar-refractivity contribution in [3.05, 3.63) is 52.6 Å². The minimum absolute atomic E-state index is 0.0149. The van der Waals surface area contributed by atoms with Gasteiger partial charge in [-0.15, -0.1) is 0 Å². The third-order valence-electron chi connectivity index (χ3n) is 5.17. The summed E-state index contributed by atoms with van der Waals surface area (Å²) in [7, 11) is 0. The van der Waals surface area contributed by atoms with E-state index in [2.05, 4.69) is 0 Å². The summed E-state index contributed by atoms with van der Waals surface area (Å²) in [6.45, 7) is 7.53. The van der Waals surface area contributed by atoms with Crippen LogP contribution in [0, 0.1) is 0 Å². The first-order valence-corrected chi connectivity index (χ1v) is 10.4. The van der Waals surface area contributed by atoms with Crippen molar-refractivity contribution in [3.8, 4) is 0 Å². The normalized spacial score (nSPS) is 20.0. The van der Waals surface area contributed by atoms with Crippen molar-refractivity contribution in [2.45, 2.75) is 45.6 Å². The van der Waals surface area contributed by atoms with Gasteiger partial charge in [-0.3, -0.25) is 9.59 Å². The van der Waals surface area contributed by atoms with Crippen molar-refractivity contribution in [3.63, 3.8) is 0 Å². The lowest BCUT2D eigenvalue weighted by Crippen LogP contribution is -2.52. The van der Waals surface area contributed by atoms with Gasteiger partial charge in [0.05, 0.1) is 6.61 Å². The van der Waals surface area contributed by atoms with Crippen molar-refractivity contribution in [1.82, 2.24) is 0 Å². The molecule has 0 saturated carbocycles. The van der Waals surface area contributed by atoms with Gasteiger partial charge in [0.2, 0.25) is 17.7 Å². The number of anilines is 1. The number of hydrogen-bond acceptors (Lipinski definition) is 8. The van der Waals surface area contributed by atoms with Gasteiger partial charge in [-0.1, -0.05) is 18.2 Å². The zero-order valence-corrected chi connectivity index (χ0v) is 19.2. The van der Waals surface area contributed by atoms with Crippen LogP contribution in [0.4, 0.5) is 5.69 Å². The van der Waals surface area contributed by atoms with E-state index in [1.54, 1.807) is 52.0 Å². The molecule has 0 saturated heterocycles. The molecule has 0 aliphatic carbocycles. The lowest BCUT2D eigenvalue weighted by Gasteiger charge is -2.37. The zero-order chi connectivity index (χ0) is 24.7. The van der Waals surface area contributed by atoms with Gasteiger partial charge in [-0.25, -0.2) is 9.59 Å². The van der Waals surface area contributed by atoms with E-state index in [9.17, 15) is 19.2 Å². The summed E-state index contributed by atoms with van der Waals surface area (Å²) in [6.07, 6.45) is 0. The second kappa shape index (κ2) is 8.27. The number of primary amides is 1. The maximum Gasteiger partial charge on any atom is 0.341 e. The lowest BCUT2D eigenvalue weighted by molar-refractivity contribution is -0.152. The molecule has 2 heterocycles. The predicted octanol–water partition coefficient (Wildman–Crippen LogP) is 1.14. The molecule has 1 spiro atoms. The molecule has 1 atom stereocenters. The highest BCUT2D eigenvalue weighted by molar-refractivity contribution is 6.23. The Labute approximate surface area is 191 Å². The quantitative estimate of drug-likeness (QED) is 0.625. The van der Waals surface area contributed by atoms with Crippen LogP contribution in [0.1, 0.15) is 40.2 Å². The van der Waals surface area contributed by atoms with E-state index < -0.39 is 41.3 Å². The molecule has 1 aromatic rings. The standard InChI is InChI=1S/C23H27N3O7/c1-6-31-19(28)17-18(25)32-12(2)16(20(29)33-22(3,4)5)23(17)13-9-7-8-10-14(13)26(21(23)30)11-15(24)27/h7-10H,6,11,25H2,1-5H3,(H2,24,27). The number of fused-ring (bicyclic) bond motifs is 2. The highest BCUT2D eigenvalue weighted by Gasteiger charge is 2.64. The molecule has 0 radical (unpaired) electrons. The average molecular weight is 457 g/mol. The molecule has 2 amide bonds. The Hall–Kier alpha value is -3.82. The van der Waals surface area contributed by atoms with Crippen molar-refractivity contribution in [2.24, 2.45) is 11.5 Å². The van der Waals surface area contributed by atoms with Gasteiger partial charge in [0.25, 0.3) is 0 Å². The highest BCUT2D eigenvalue weighted by Crippen LogP contribution is 2.54. The van der Waals surface area contributed by atoms with Crippen LogP contribution in [0.3, 0.4) is 0 Å².